The molecule has 1 aromatic rings. The standard InChI is InChI=1S/C16H26ClN3O/c1-11-13(17)18-15(16(2,3)4)19-14(11)20-9-7-5-6-8-12(20)10-21/h12,21H,5-10H2,1-4H3. The first-order valence-corrected chi connectivity index (χ1v) is 8.14. The summed E-state index contributed by atoms with van der Waals surface area (Å²) in [5, 5.41) is 10.2. The molecule has 1 aliphatic rings. The fraction of sp³-hybridized carbons (Fsp3) is 0.750. The van der Waals surface area contributed by atoms with Crippen LogP contribution in [0.1, 0.15) is 57.8 Å². The molecule has 0 saturated carbocycles. The molecule has 0 aliphatic carbocycles. The molecular formula is C16H26ClN3O. The summed E-state index contributed by atoms with van der Waals surface area (Å²) in [6, 6.07) is 0.130. The van der Waals surface area contributed by atoms with Crippen molar-refractivity contribution in [3.8, 4) is 0 Å². The number of nitrogens with zero attached hydrogens (tertiary/aromatic N) is 3. The predicted octanol–water partition coefficient (Wildman–Crippen LogP) is 3.48. The van der Waals surface area contributed by atoms with Crippen molar-refractivity contribution in [3.63, 3.8) is 0 Å². The molecule has 0 aromatic carbocycles. The highest BCUT2D eigenvalue weighted by atomic mass is 35.5. The van der Waals surface area contributed by atoms with E-state index in [1.807, 2.05) is 6.92 Å². The zero-order valence-corrected chi connectivity index (χ0v) is 14.2. The lowest BCUT2D eigenvalue weighted by atomic mass is 9.95. The summed E-state index contributed by atoms with van der Waals surface area (Å²) in [5.74, 6) is 1.65. The quantitative estimate of drug-likeness (QED) is 0.850. The largest absolute Gasteiger partial charge is 0.394 e. The molecule has 1 saturated heterocycles. The smallest absolute Gasteiger partial charge is 0.137 e. The summed E-state index contributed by atoms with van der Waals surface area (Å²) in [5.41, 5.74) is 0.761. The number of aromatic nitrogens is 2. The number of aliphatic hydroxyl groups excluding tert-OH is 1. The minimum Gasteiger partial charge on any atom is -0.394 e. The van der Waals surface area contributed by atoms with Gasteiger partial charge in [0, 0.05) is 17.5 Å². The molecule has 1 aromatic heterocycles. The van der Waals surface area contributed by atoms with Crippen LogP contribution in [-0.2, 0) is 5.41 Å². The third kappa shape index (κ3) is 3.67. The SMILES string of the molecule is Cc1c(Cl)nc(C(C)(C)C)nc1N1CCCCCC1CO. The van der Waals surface area contributed by atoms with Crippen LogP contribution < -0.4 is 4.90 Å². The Labute approximate surface area is 132 Å². The summed E-state index contributed by atoms with van der Waals surface area (Å²) in [6.45, 7) is 9.30. The van der Waals surface area contributed by atoms with E-state index in [1.54, 1.807) is 0 Å². The summed E-state index contributed by atoms with van der Waals surface area (Å²) in [6.07, 6.45) is 4.49. The lowest BCUT2D eigenvalue weighted by molar-refractivity contribution is 0.254. The van der Waals surface area contributed by atoms with Gasteiger partial charge in [0.15, 0.2) is 0 Å². The van der Waals surface area contributed by atoms with Crippen LogP contribution in [0.2, 0.25) is 5.15 Å². The van der Waals surface area contributed by atoms with Gasteiger partial charge in [0.2, 0.25) is 0 Å². The molecule has 0 spiro atoms. The molecule has 1 fully saturated rings. The monoisotopic (exact) mass is 311 g/mol. The van der Waals surface area contributed by atoms with Crippen LogP contribution in [0, 0.1) is 6.92 Å². The Morgan fingerprint density at radius 1 is 1.24 bits per heavy atom. The normalized spacial score (nSPS) is 20.5. The van der Waals surface area contributed by atoms with Gasteiger partial charge in [0.25, 0.3) is 0 Å². The molecule has 1 unspecified atom stereocenters. The molecule has 1 atom stereocenters. The minimum atomic E-state index is -0.146. The first kappa shape index (κ1) is 16.5. The van der Waals surface area contributed by atoms with E-state index in [0.717, 1.165) is 43.0 Å². The van der Waals surface area contributed by atoms with Gasteiger partial charge < -0.3 is 10.0 Å². The third-order valence-electron chi connectivity index (χ3n) is 4.09. The Balaban J connectivity index is 2.47. The summed E-state index contributed by atoms with van der Waals surface area (Å²) in [4.78, 5) is 11.5. The number of anilines is 1. The molecular weight excluding hydrogens is 286 g/mol. The molecule has 5 heteroatoms. The third-order valence-corrected chi connectivity index (χ3v) is 4.46. The predicted molar refractivity (Wildman–Crippen MR) is 87.2 cm³/mol. The van der Waals surface area contributed by atoms with Crippen LogP contribution in [-0.4, -0.2) is 34.3 Å². The highest BCUT2D eigenvalue weighted by molar-refractivity contribution is 6.30. The number of hydrogen-bond acceptors (Lipinski definition) is 4. The Morgan fingerprint density at radius 2 is 1.95 bits per heavy atom. The average molecular weight is 312 g/mol. The van der Waals surface area contributed by atoms with Gasteiger partial charge in [0.1, 0.15) is 16.8 Å². The summed E-state index contributed by atoms with van der Waals surface area (Å²) >= 11 is 6.34. The maximum atomic E-state index is 9.72. The topological polar surface area (TPSA) is 49.2 Å². The average Bonchev–Trinajstić information content (AvgIpc) is 2.65. The maximum Gasteiger partial charge on any atom is 0.137 e. The Morgan fingerprint density at radius 3 is 2.57 bits per heavy atom. The highest BCUT2D eigenvalue weighted by Crippen LogP contribution is 2.31. The van der Waals surface area contributed by atoms with E-state index in [1.165, 1.54) is 6.42 Å². The van der Waals surface area contributed by atoms with Gasteiger partial charge in [-0.3, -0.25) is 0 Å². The second-order valence-corrected chi connectivity index (χ2v) is 7.27. The number of hydrogen-bond donors (Lipinski definition) is 1. The Hall–Kier alpha value is -0.870. The Kier molecular flexibility index (Phi) is 5.10. The van der Waals surface area contributed by atoms with Crippen LogP contribution >= 0.6 is 11.6 Å². The summed E-state index contributed by atoms with van der Waals surface area (Å²) < 4.78 is 0. The second kappa shape index (κ2) is 6.49. The molecule has 0 amide bonds. The van der Waals surface area contributed by atoms with Crippen LogP contribution in [0.15, 0.2) is 0 Å². The van der Waals surface area contributed by atoms with Gasteiger partial charge in [0.05, 0.1) is 12.6 Å². The van der Waals surface area contributed by atoms with Crippen molar-refractivity contribution in [2.75, 3.05) is 18.1 Å². The van der Waals surface area contributed by atoms with Gasteiger partial charge >= 0.3 is 0 Å². The fourth-order valence-electron chi connectivity index (χ4n) is 2.74. The van der Waals surface area contributed by atoms with E-state index in [9.17, 15) is 5.11 Å². The van der Waals surface area contributed by atoms with Crippen LogP contribution in [0.25, 0.3) is 0 Å². The molecule has 2 heterocycles. The highest BCUT2D eigenvalue weighted by Gasteiger charge is 2.27. The maximum absolute atomic E-state index is 9.72. The lowest BCUT2D eigenvalue weighted by Gasteiger charge is -2.32. The van der Waals surface area contributed by atoms with Crippen LogP contribution in [0.5, 0.6) is 0 Å². The molecule has 118 valence electrons. The van der Waals surface area contributed by atoms with Gasteiger partial charge in [-0.05, 0) is 19.8 Å². The van der Waals surface area contributed by atoms with Crippen molar-refractivity contribution in [2.45, 2.75) is 64.8 Å². The molecule has 1 aliphatic heterocycles. The molecule has 1 N–H and O–H groups in total. The van der Waals surface area contributed by atoms with Crippen molar-refractivity contribution in [1.29, 1.82) is 0 Å². The van der Waals surface area contributed by atoms with Gasteiger partial charge in [-0.2, -0.15) is 0 Å². The van der Waals surface area contributed by atoms with E-state index in [0.29, 0.717) is 5.15 Å². The van der Waals surface area contributed by atoms with E-state index >= 15 is 0 Å². The zero-order chi connectivity index (χ0) is 15.6. The molecule has 0 bridgehead atoms. The van der Waals surface area contributed by atoms with Crippen molar-refractivity contribution < 1.29 is 5.11 Å². The first-order chi connectivity index (χ1) is 9.84. The number of rotatable bonds is 2. The van der Waals surface area contributed by atoms with E-state index < -0.39 is 0 Å². The van der Waals surface area contributed by atoms with E-state index in [-0.39, 0.29) is 18.1 Å². The molecule has 4 nitrogen and oxygen atoms in total. The second-order valence-electron chi connectivity index (χ2n) is 6.92. The van der Waals surface area contributed by atoms with E-state index in [2.05, 4.69) is 30.7 Å². The van der Waals surface area contributed by atoms with Crippen LogP contribution in [0.4, 0.5) is 5.82 Å². The molecule has 0 radical (unpaired) electrons. The van der Waals surface area contributed by atoms with Crippen LogP contribution in [0.3, 0.4) is 0 Å². The van der Waals surface area contributed by atoms with Gasteiger partial charge in [-0.15, -0.1) is 0 Å². The Bertz CT molecular complexity index is 499. The van der Waals surface area contributed by atoms with Crippen molar-refractivity contribution in [2.24, 2.45) is 0 Å². The van der Waals surface area contributed by atoms with Crippen molar-refractivity contribution in [1.82, 2.24) is 9.97 Å². The van der Waals surface area contributed by atoms with E-state index in [4.69, 9.17) is 16.6 Å². The molecule has 21 heavy (non-hydrogen) atoms. The van der Waals surface area contributed by atoms with Crippen molar-refractivity contribution >= 4 is 17.4 Å². The zero-order valence-electron chi connectivity index (χ0n) is 13.5. The molecule has 2 rings (SSSR count). The lowest BCUT2D eigenvalue weighted by Crippen LogP contribution is -2.39. The summed E-state index contributed by atoms with van der Waals surface area (Å²) in [7, 11) is 0. The number of aliphatic hydroxyl groups is 1. The van der Waals surface area contributed by atoms with Gasteiger partial charge in [-0.1, -0.05) is 45.2 Å². The van der Waals surface area contributed by atoms with Crippen molar-refractivity contribution in [3.05, 3.63) is 16.5 Å². The first-order valence-electron chi connectivity index (χ1n) is 7.76. The fourth-order valence-corrected chi connectivity index (χ4v) is 2.90. The minimum absolute atomic E-state index is 0.130. The van der Waals surface area contributed by atoms with Gasteiger partial charge in [-0.25, -0.2) is 9.97 Å². The number of halogens is 1.